The molecule has 2 amide bonds. The zero-order chi connectivity index (χ0) is 23.4. The number of ether oxygens (including phenoxy) is 1. The Balaban J connectivity index is 1.43. The van der Waals surface area contributed by atoms with Gasteiger partial charge in [-0.25, -0.2) is 9.48 Å². The minimum absolute atomic E-state index is 0.0000543. The van der Waals surface area contributed by atoms with Crippen molar-refractivity contribution in [3.63, 3.8) is 0 Å². The molecule has 0 spiro atoms. The first kappa shape index (κ1) is 22.6. The van der Waals surface area contributed by atoms with Crippen molar-refractivity contribution in [1.82, 2.24) is 9.78 Å². The third kappa shape index (κ3) is 4.93. The van der Waals surface area contributed by atoms with E-state index < -0.39 is 5.97 Å². The van der Waals surface area contributed by atoms with Crippen molar-refractivity contribution in [3.05, 3.63) is 66.0 Å². The molecule has 1 aliphatic heterocycles. The highest BCUT2D eigenvalue weighted by atomic mass is 32.2. The van der Waals surface area contributed by atoms with E-state index in [9.17, 15) is 14.4 Å². The molecule has 170 valence electrons. The van der Waals surface area contributed by atoms with Gasteiger partial charge in [0.15, 0.2) is 0 Å². The molecule has 2 heterocycles. The van der Waals surface area contributed by atoms with E-state index in [2.05, 4.69) is 10.4 Å². The smallest absolute Gasteiger partial charge is 0.341 e. The van der Waals surface area contributed by atoms with Crippen LogP contribution in [0.5, 0.6) is 0 Å². The normalized spacial score (nSPS) is 12.9. The zero-order valence-electron chi connectivity index (χ0n) is 18.4. The van der Waals surface area contributed by atoms with Crippen LogP contribution in [-0.2, 0) is 14.3 Å². The molecule has 1 N–H and O–H groups in total. The summed E-state index contributed by atoms with van der Waals surface area (Å²) in [5, 5.41) is 7.18. The van der Waals surface area contributed by atoms with Crippen LogP contribution < -0.4 is 10.2 Å². The van der Waals surface area contributed by atoms with Gasteiger partial charge < -0.3 is 15.0 Å². The first-order valence-corrected chi connectivity index (χ1v) is 11.6. The maximum Gasteiger partial charge on any atom is 0.341 e. The number of nitrogens with one attached hydrogen (secondary N) is 1. The molecular weight excluding hydrogens is 440 g/mol. The Morgan fingerprint density at radius 3 is 2.82 bits per heavy atom. The van der Waals surface area contributed by atoms with Crippen molar-refractivity contribution < 1.29 is 19.1 Å². The van der Waals surface area contributed by atoms with E-state index in [0.717, 1.165) is 10.6 Å². The Kier molecular flexibility index (Phi) is 6.79. The van der Waals surface area contributed by atoms with Crippen molar-refractivity contribution in [1.29, 1.82) is 0 Å². The number of hydrogen-bond donors (Lipinski definition) is 1. The van der Waals surface area contributed by atoms with Crippen LogP contribution >= 0.6 is 11.8 Å². The predicted molar refractivity (Wildman–Crippen MR) is 127 cm³/mol. The average Bonchev–Trinajstić information content (AvgIpc) is 3.20. The Bertz CT molecular complexity index is 1210. The van der Waals surface area contributed by atoms with Gasteiger partial charge >= 0.3 is 5.97 Å². The first-order chi connectivity index (χ1) is 16.0. The van der Waals surface area contributed by atoms with Gasteiger partial charge in [-0.1, -0.05) is 18.2 Å². The van der Waals surface area contributed by atoms with Crippen molar-refractivity contribution in [2.24, 2.45) is 0 Å². The summed E-state index contributed by atoms with van der Waals surface area (Å²) < 4.78 is 6.69. The molecule has 1 aromatic heterocycles. The van der Waals surface area contributed by atoms with E-state index in [0.29, 0.717) is 41.5 Å². The number of para-hydroxylation sites is 1. The van der Waals surface area contributed by atoms with Gasteiger partial charge in [-0.15, -0.1) is 11.8 Å². The Morgan fingerprint density at radius 2 is 2.00 bits per heavy atom. The number of hydrogen-bond acceptors (Lipinski definition) is 6. The highest BCUT2D eigenvalue weighted by Crippen LogP contribution is 2.34. The average molecular weight is 465 g/mol. The SMILES string of the molecule is CCOC(=O)c1cnn(-c2cccc(NC(=O)CCN3C(=O)CSc4ccccc43)c2)c1C. The van der Waals surface area contributed by atoms with Gasteiger partial charge in [0.05, 0.1) is 35.6 Å². The Labute approximate surface area is 195 Å². The molecule has 8 nitrogen and oxygen atoms in total. The number of thioether (sulfide) groups is 1. The Hall–Kier alpha value is -3.59. The van der Waals surface area contributed by atoms with Crippen molar-refractivity contribution in [3.8, 4) is 5.69 Å². The van der Waals surface area contributed by atoms with Crippen LogP contribution in [0, 0.1) is 6.92 Å². The van der Waals surface area contributed by atoms with Gasteiger partial charge in [0.25, 0.3) is 0 Å². The molecule has 4 rings (SSSR count). The molecule has 9 heteroatoms. The van der Waals surface area contributed by atoms with Gasteiger partial charge in [0, 0.05) is 23.5 Å². The fourth-order valence-corrected chi connectivity index (χ4v) is 4.57. The number of carbonyl (C=O) groups is 3. The van der Waals surface area contributed by atoms with Gasteiger partial charge in [0.1, 0.15) is 5.56 Å². The van der Waals surface area contributed by atoms with E-state index in [1.54, 1.807) is 41.6 Å². The molecule has 33 heavy (non-hydrogen) atoms. The molecular formula is C24H24N4O4S. The lowest BCUT2D eigenvalue weighted by Gasteiger charge is -2.28. The minimum atomic E-state index is -0.419. The van der Waals surface area contributed by atoms with E-state index in [-0.39, 0.29) is 18.2 Å². The van der Waals surface area contributed by atoms with E-state index in [1.165, 1.54) is 18.0 Å². The summed E-state index contributed by atoms with van der Waals surface area (Å²) in [6.07, 6.45) is 1.65. The van der Waals surface area contributed by atoms with Crippen molar-refractivity contribution >= 4 is 40.9 Å². The number of aromatic nitrogens is 2. The van der Waals surface area contributed by atoms with E-state index in [4.69, 9.17) is 4.74 Å². The predicted octanol–water partition coefficient (Wildman–Crippen LogP) is 3.82. The number of amides is 2. The highest BCUT2D eigenvalue weighted by molar-refractivity contribution is 8.00. The lowest BCUT2D eigenvalue weighted by molar-refractivity contribution is -0.117. The van der Waals surface area contributed by atoms with Crippen LogP contribution in [0.1, 0.15) is 29.4 Å². The van der Waals surface area contributed by atoms with Crippen molar-refractivity contribution in [2.75, 3.05) is 29.1 Å². The summed E-state index contributed by atoms with van der Waals surface area (Å²) in [5.41, 5.74) is 3.21. The maximum absolute atomic E-state index is 12.6. The van der Waals surface area contributed by atoms with Crippen LogP contribution in [0.15, 0.2) is 59.6 Å². The van der Waals surface area contributed by atoms with Gasteiger partial charge in [-0.05, 0) is 44.2 Å². The van der Waals surface area contributed by atoms with Crippen molar-refractivity contribution in [2.45, 2.75) is 25.2 Å². The largest absolute Gasteiger partial charge is 0.462 e. The van der Waals surface area contributed by atoms with Crippen LogP contribution in [0.3, 0.4) is 0 Å². The fourth-order valence-electron chi connectivity index (χ4n) is 3.63. The molecule has 2 aromatic carbocycles. The lowest BCUT2D eigenvalue weighted by atomic mass is 10.2. The summed E-state index contributed by atoms with van der Waals surface area (Å²) in [6, 6.07) is 14.9. The van der Waals surface area contributed by atoms with Gasteiger partial charge in [0.2, 0.25) is 11.8 Å². The van der Waals surface area contributed by atoms with Crippen LogP contribution in [0.4, 0.5) is 11.4 Å². The lowest BCUT2D eigenvalue weighted by Crippen LogP contribution is -2.37. The third-order valence-electron chi connectivity index (χ3n) is 5.25. The molecule has 1 aliphatic rings. The number of fused-ring (bicyclic) bond motifs is 1. The monoisotopic (exact) mass is 464 g/mol. The summed E-state index contributed by atoms with van der Waals surface area (Å²) >= 11 is 1.52. The standard InChI is InChI=1S/C24H24N4O4S/c1-3-32-24(31)19-14-25-28(16(19)2)18-8-6-7-17(13-18)26-22(29)11-12-27-20-9-4-5-10-21(20)33-15-23(27)30/h4-10,13-14H,3,11-12,15H2,1-2H3,(H,26,29). The van der Waals surface area contributed by atoms with E-state index in [1.807, 2.05) is 30.3 Å². The van der Waals surface area contributed by atoms with Crippen LogP contribution in [0.25, 0.3) is 5.69 Å². The molecule has 0 unspecified atom stereocenters. The molecule has 0 radical (unpaired) electrons. The molecule has 0 fully saturated rings. The second-order valence-electron chi connectivity index (χ2n) is 7.43. The quantitative estimate of drug-likeness (QED) is 0.534. The van der Waals surface area contributed by atoms with E-state index >= 15 is 0 Å². The second-order valence-corrected chi connectivity index (χ2v) is 8.44. The third-order valence-corrected chi connectivity index (χ3v) is 6.30. The molecule has 0 atom stereocenters. The molecule has 0 aliphatic carbocycles. The number of anilines is 2. The highest BCUT2D eigenvalue weighted by Gasteiger charge is 2.24. The number of nitrogens with zero attached hydrogens (tertiary/aromatic N) is 3. The minimum Gasteiger partial charge on any atom is -0.462 e. The molecule has 3 aromatic rings. The summed E-state index contributed by atoms with van der Waals surface area (Å²) in [7, 11) is 0. The fraction of sp³-hybridized carbons (Fsp3) is 0.250. The topological polar surface area (TPSA) is 93.5 Å². The Morgan fingerprint density at radius 1 is 1.18 bits per heavy atom. The van der Waals surface area contributed by atoms with Gasteiger partial charge in [-0.3, -0.25) is 9.59 Å². The number of carbonyl (C=O) groups excluding carboxylic acids is 3. The van der Waals surface area contributed by atoms with Crippen LogP contribution in [-0.4, -0.2) is 46.5 Å². The van der Waals surface area contributed by atoms with Gasteiger partial charge in [-0.2, -0.15) is 5.10 Å². The summed E-state index contributed by atoms with van der Waals surface area (Å²) in [5.74, 6) is -0.240. The number of rotatable bonds is 7. The molecule has 0 bridgehead atoms. The number of benzene rings is 2. The molecule has 0 saturated carbocycles. The summed E-state index contributed by atoms with van der Waals surface area (Å²) in [4.78, 5) is 39.8. The second kappa shape index (κ2) is 9.91. The number of esters is 1. The first-order valence-electron chi connectivity index (χ1n) is 10.6. The molecule has 0 saturated heterocycles. The summed E-state index contributed by atoms with van der Waals surface area (Å²) in [6.45, 7) is 4.14. The van der Waals surface area contributed by atoms with Crippen LogP contribution in [0.2, 0.25) is 0 Å². The zero-order valence-corrected chi connectivity index (χ0v) is 19.2. The maximum atomic E-state index is 12.6.